The molecular weight excluding hydrogens is 182 g/mol. The van der Waals surface area contributed by atoms with E-state index in [9.17, 15) is 0 Å². The highest BCUT2D eigenvalue weighted by Crippen LogP contribution is 2.31. The van der Waals surface area contributed by atoms with Crippen LogP contribution in [0.25, 0.3) is 0 Å². The number of hydrogen-bond acceptors (Lipinski definition) is 1. The van der Waals surface area contributed by atoms with E-state index in [1.165, 1.54) is 17.4 Å². The van der Waals surface area contributed by atoms with Gasteiger partial charge in [0.05, 0.1) is 0 Å². The van der Waals surface area contributed by atoms with E-state index in [0.29, 0.717) is 0 Å². The van der Waals surface area contributed by atoms with Gasteiger partial charge in [0.15, 0.2) is 0 Å². The lowest BCUT2D eigenvalue weighted by Crippen LogP contribution is -2.12. The van der Waals surface area contributed by atoms with Crippen LogP contribution in [0.4, 0.5) is 0 Å². The molecule has 1 nitrogen and oxygen atoms in total. The van der Waals surface area contributed by atoms with E-state index in [1.54, 1.807) is 0 Å². The van der Waals surface area contributed by atoms with Gasteiger partial charge in [-0.15, -0.1) is 0 Å². The Labute approximate surface area is 94.8 Å². The summed E-state index contributed by atoms with van der Waals surface area (Å²) >= 11 is 0. The van der Waals surface area contributed by atoms with Crippen molar-refractivity contribution in [3.63, 3.8) is 0 Å². The molecule has 0 bridgehead atoms. The molecule has 0 saturated carbocycles. The van der Waals surface area contributed by atoms with Crippen molar-refractivity contribution in [2.45, 2.75) is 48.5 Å². The second-order valence-corrected chi connectivity index (χ2v) is 6.12. The smallest absolute Gasteiger partial charge is 0.0180 e. The number of rotatable bonds is 2. The largest absolute Gasteiger partial charge is 0.309 e. The zero-order valence-corrected chi connectivity index (χ0v) is 11.2. The first kappa shape index (κ1) is 14.2. The number of nitrogens with one attached hydrogen (secondary N) is 1. The highest BCUT2D eigenvalue weighted by Gasteiger charge is 2.18. The molecule has 0 aliphatic heterocycles. The molecular formula is C14H25N. The van der Waals surface area contributed by atoms with Crippen molar-refractivity contribution in [2.24, 2.45) is 10.8 Å². The molecule has 0 rings (SSSR count). The summed E-state index contributed by atoms with van der Waals surface area (Å²) < 4.78 is 0. The molecule has 86 valence electrons. The first-order chi connectivity index (χ1) is 6.59. The molecule has 0 aromatic heterocycles. The maximum atomic E-state index is 7.18. The van der Waals surface area contributed by atoms with Gasteiger partial charge in [-0.05, 0) is 29.4 Å². The van der Waals surface area contributed by atoms with Crippen molar-refractivity contribution in [3.05, 3.63) is 23.3 Å². The molecule has 0 amide bonds. The normalized spacial score (nSPS) is 15.4. The van der Waals surface area contributed by atoms with Gasteiger partial charge in [0.1, 0.15) is 0 Å². The fourth-order valence-electron chi connectivity index (χ4n) is 1.05. The van der Waals surface area contributed by atoms with Crippen LogP contribution in [0.15, 0.2) is 23.3 Å². The van der Waals surface area contributed by atoms with Crippen molar-refractivity contribution in [1.29, 1.82) is 5.41 Å². The van der Waals surface area contributed by atoms with Gasteiger partial charge in [0, 0.05) is 6.21 Å². The van der Waals surface area contributed by atoms with Gasteiger partial charge in [-0.3, -0.25) is 0 Å². The lowest BCUT2D eigenvalue weighted by molar-refractivity contribution is 0.490. The molecule has 0 fully saturated rings. The molecule has 0 aliphatic carbocycles. The predicted molar refractivity (Wildman–Crippen MR) is 69.5 cm³/mol. The highest BCUT2D eigenvalue weighted by molar-refractivity contribution is 5.70. The van der Waals surface area contributed by atoms with Gasteiger partial charge in [-0.2, -0.15) is 0 Å². The standard InChI is InChI=1S/C14H25N/c1-11(13(2,3)4)10-12(8-9-15)14(5,6)7/h8-10,15H,1-7H3/b11-10+,12-8+,15-9?. The molecule has 0 radical (unpaired) electrons. The maximum absolute atomic E-state index is 7.18. The first-order valence-electron chi connectivity index (χ1n) is 5.49. The minimum absolute atomic E-state index is 0.101. The van der Waals surface area contributed by atoms with Crippen molar-refractivity contribution in [3.8, 4) is 0 Å². The van der Waals surface area contributed by atoms with Crippen LogP contribution in [0.5, 0.6) is 0 Å². The first-order valence-corrected chi connectivity index (χ1v) is 5.49. The van der Waals surface area contributed by atoms with Crippen LogP contribution in [-0.2, 0) is 0 Å². The Morgan fingerprint density at radius 1 is 0.933 bits per heavy atom. The minimum Gasteiger partial charge on any atom is -0.309 e. The molecule has 15 heavy (non-hydrogen) atoms. The molecule has 0 spiro atoms. The summed E-state index contributed by atoms with van der Waals surface area (Å²) in [4.78, 5) is 0. The third kappa shape index (κ3) is 4.96. The van der Waals surface area contributed by atoms with Crippen molar-refractivity contribution < 1.29 is 0 Å². The average Bonchev–Trinajstić information content (AvgIpc) is 1.99. The van der Waals surface area contributed by atoms with E-state index in [0.717, 1.165) is 0 Å². The molecule has 0 saturated heterocycles. The highest BCUT2D eigenvalue weighted by atomic mass is 14.3. The monoisotopic (exact) mass is 207 g/mol. The van der Waals surface area contributed by atoms with Crippen LogP contribution in [0, 0.1) is 16.2 Å². The lowest BCUT2D eigenvalue weighted by Gasteiger charge is -2.25. The van der Waals surface area contributed by atoms with Crippen LogP contribution in [0.1, 0.15) is 48.5 Å². The Hall–Kier alpha value is -0.850. The van der Waals surface area contributed by atoms with Gasteiger partial charge in [0.25, 0.3) is 0 Å². The SMILES string of the molecule is C/C(=C\C(=C/C=N)C(C)(C)C)C(C)(C)C. The van der Waals surface area contributed by atoms with Gasteiger partial charge in [0.2, 0.25) is 0 Å². The van der Waals surface area contributed by atoms with Crippen LogP contribution in [0.2, 0.25) is 0 Å². The second kappa shape index (κ2) is 4.78. The van der Waals surface area contributed by atoms with Crippen molar-refractivity contribution >= 4 is 6.21 Å². The van der Waals surface area contributed by atoms with E-state index >= 15 is 0 Å². The van der Waals surface area contributed by atoms with Gasteiger partial charge in [-0.1, -0.05) is 53.2 Å². The summed E-state index contributed by atoms with van der Waals surface area (Å²) in [6, 6.07) is 0. The molecule has 1 heteroatoms. The van der Waals surface area contributed by atoms with E-state index in [4.69, 9.17) is 5.41 Å². The summed E-state index contributed by atoms with van der Waals surface area (Å²) in [5.74, 6) is 0. The minimum atomic E-state index is 0.101. The van der Waals surface area contributed by atoms with Crippen LogP contribution in [0.3, 0.4) is 0 Å². The number of hydrogen-bond donors (Lipinski definition) is 1. The Balaban J connectivity index is 5.19. The summed E-state index contributed by atoms with van der Waals surface area (Å²) in [6.45, 7) is 15.3. The van der Waals surface area contributed by atoms with Crippen LogP contribution in [-0.4, -0.2) is 6.21 Å². The summed E-state index contributed by atoms with van der Waals surface area (Å²) in [7, 11) is 0. The van der Waals surface area contributed by atoms with E-state index < -0.39 is 0 Å². The molecule has 0 aromatic rings. The van der Waals surface area contributed by atoms with Gasteiger partial charge >= 0.3 is 0 Å². The summed E-state index contributed by atoms with van der Waals surface area (Å²) in [5, 5.41) is 7.18. The fourth-order valence-corrected chi connectivity index (χ4v) is 1.05. The summed E-state index contributed by atoms with van der Waals surface area (Å²) in [6.07, 6.45) is 5.47. The average molecular weight is 207 g/mol. The van der Waals surface area contributed by atoms with E-state index in [2.05, 4.69) is 54.5 Å². The fraction of sp³-hybridized carbons (Fsp3) is 0.643. The van der Waals surface area contributed by atoms with Gasteiger partial charge < -0.3 is 5.41 Å². The second-order valence-electron chi connectivity index (χ2n) is 6.12. The molecule has 0 aliphatic rings. The van der Waals surface area contributed by atoms with E-state index in [1.807, 2.05) is 6.08 Å². The topological polar surface area (TPSA) is 23.9 Å². The molecule has 0 heterocycles. The van der Waals surface area contributed by atoms with Crippen molar-refractivity contribution in [2.75, 3.05) is 0 Å². The zero-order valence-electron chi connectivity index (χ0n) is 11.2. The Bertz CT molecular complexity index is 279. The van der Waals surface area contributed by atoms with Gasteiger partial charge in [-0.25, -0.2) is 0 Å². The third-order valence-corrected chi connectivity index (χ3v) is 2.68. The molecule has 1 N–H and O–H groups in total. The Kier molecular flexibility index (Phi) is 4.51. The Morgan fingerprint density at radius 2 is 1.40 bits per heavy atom. The molecule has 0 atom stereocenters. The quantitative estimate of drug-likeness (QED) is 0.505. The number of allylic oxidation sites excluding steroid dienone is 4. The van der Waals surface area contributed by atoms with Crippen LogP contribution < -0.4 is 0 Å². The Morgan fingerprint density at radius 3 is 1.67 bits per heavy atom. The zero-order chi connectivity index (χ0) is 12.3. The molecule has 0 unspecified atom stereocenters. The van der Waals surface area contributed by atoms with Crippen LogP contribution >= 0.6 is 0 Å². The predicted octanol–water partition coefficient (Wildman–Crippen LogP) is 4.60. The maximum Gasteiger partial charge on any atom is 0.0180 e. The lowest BCUT2D eigenvalue weighted by atomic mass is 9.80. The molecule has 0 aromatic carbocycles. The summed E-state index contributed by atoms with van der Waals surface area (Å²) in [5.41, 5.74) is 2.87. The third-order valence-electron chi connectivity index (χ3n) is 2.68. The van der Waals surface area contributed by atoms with Crippen molar-refractivity contribution in [1.82, 2.24) is 0 Å². The van der Waals surface area contributed by atoms with E-state index in [-0.39, 0.29) is 10.8 Å².